The van der Waals surface area contributed by atoms with E-state index in [2.05, 4.69) is 45.8 Å². The van der Waals surface area contributed by atoms with Crippen LogP contribution in [0.15, 0.2) is 54.9 Å². The largest absolute Gasteiger partial charge is 0.337 e. The van der Waals surface area contributed by atoms with Crippen LogP contribution in [0.2, 0.25) is 5.02 Å². The summed E-state index contributed by atoms with van der Waals surface area (Å²) in [6.07, 6.45) is 6.98. The molecule has 0 bridgehead atoms. The van der Waals surface area contributed by atoms with E-state index < -0.39 is 0 Å². The van der Waals surface area contributed by atoms with Gasteiger partial charge in [0, 0.05) is 36.6 Å². The van der Waals surface area contributed by atoms with Gasteiger partial charge in [-0.2, -0.15) is 0 Å². The summed E-state index contributed by atoms with van der Waals surface area (Å²) >= 11 is 6.31. The second-order valence-electron chi connectivity index (χ2n) is 6.90. The van der Waals surface area contributed by atoms with Crippen molar-refractivity contribution in [2.45, 2.75) is 31.8 Å². The minimum atomic E-state index is 0.359. The highest BCUT2D eigenvalue weighted by Crippen LogP contribution is 2.32. The van der Waals surface area contributed by atoms with Crippen LogP contribution in [-0.4, -0.2) is 26.0 Å². The topological polar surface area (TPSA) is 34.0 Å². The van der Waals surface area contributed by atoms with Gasteiger partial charge in [0.15, 0.2) is 0 Å². The van der Waals surface area contributed by atoms with Gasteiger partial charge < -0.3 is 4.57 Å². The number of hydrogen-bond donors (Lipinski definition) is 0. The molecule has 0 aliphatic carbocycles. The first-order chi connectivity index (χ1) is 12.7. The van der Waals surface area contributed by atoms with E-state index in [-0.39, 0.29) is 0 Å². The standard InChI is InChI=1S/C21H23ClN4/c1-25-13-11-23-21(25)15-26-12-5-10-20(26)19-9-4-7-17(24-19)14-16-6-2-3-8-18(16)22/h2-4,6-9,11,13,20H,5,10,12,14-15H2,1H3/t20-/m0/s1. The van der Waals surface area contributed by atoms with Gasteiger partial charge in [-0.25, -0.2) is 4.98 Å². The van der Waals surface area contributed by atoms with Gasteiger partial charge in [-0.15, -0.1) is 0 Å². The van der Waals surface area contributed by atoms with E-state index in [0.717, 1.165) is 53.7 Å². The molecule has 4 rings (SSSR count). The Balaban J connectivity index is 1.53. The Labute approximate surface area is 159 Å². The average molecular weight is 367 g/mol. The average Bonchev–Trinajstić information content (AvgIpc) is 3.27. The molecule has 134 valence electrons. The fraction of sp³-hybridized carbons (Fsp3) is 0.333. The van der Waals surface area contributed by atoms with E-state index in [1.165, 1.54) is 6.42 Å². The third kappa shape index (κ3) is 3.67. The molecule has 0 saturated carbocycles. The maximum atomic E-state index is 6.31. The number of rotatable bonds is 5. The van der Waals surface area contributed by atoms with Crippen LogP contribution in [0.5, 0.6) is 0 Å². The molecule has 1 aliphatic rings. The molecular formula is C21H23ClN4. The van der Waals surface area contributed by atoms with Gasteiger partial charge >= 0.3 is 0 Å². The molecule has 0 N–H and O–H groups in total. The molecule has 3 heterocycles. The van der Waals surface area contributed by atoms with Crippen LogP contribution in [0.25, 0.3) is 0 Å². The normalized spacial score (nSPS) is 17.7. The number of pyridine rings is 1. The zero-order valence-corrected chi connectivity index (χ0v) is 15.7. The lowest BCUT2D eigenvalue weighted by molar-refractivity contribution is 0.236. The quantitative estimate of drug-likeness (QED) is 0.671. The second-order valence-corrected chi connectivity index (χ2v) is 7.31. The SMILES string of the molecule is Cn1ccnc1CN1CCC[C@H]1c1cccc(Cc2ccccc2Cl)n1. The van der Waals surface area contributed by atoms with Crippen molar-refractivity contribution in [2.24, 2.45) is 7.05 Å². The number of likely N-dealkylation sites (tertiary alicyclic amines) is 1. The predicted octanol–water partition coefficient (Wildman–Crippen LogP) is 4.40. The highest BCUT2D eigenvalue weighted by Gasteiger charge is 2.28. The predicted molar refractivity (Wildman–Crippen MR) is 104 cm³/mol. The third-order valence-electron chi connectivity index (χ3n) is 5.13. The first-order valence-electron chi connectivity index (χ1n) is 9.10. The number of aryl methyl sites for hydroxylation is 1. The zero-order valence-electron chi connectivity index (χ0n) is 15.0. The summed E-state index contributed by atoms with van der Waals surface area (Å²) in [4.78, 5) is 11.9. The van der Waals surface area contributed by atoms with E-state index in [1.54, 1.807) is 0 Å². The molecule has 2 aromatic heterocycles. The third-order valence-corrected chi connectivity index (χ3v) is 5.50. The summed E-state index contributed by atoms with van der Waals surface area (Å²) in [5, 5.41) is 0.803. The molecule has 1 aliphatic heterocycles. The van der Waals surface area contributed by atoms with Crippen LogP contribution in [-0.2, 0) is 20.0 Å². The Morgan fingerprint density at radius 2 is 2.04 bits per heavy atom. The minimum absolute atomic E-state index is 0.359. The van der Waals surface area contributed by atoms with E-state index in [1.807, 2.05) is 30.6 Å². The zero-order chi connectivity index (χ0) is 17.9. The maximum absolute atomic E-state index is 6.31. The number of hydrogen-bond acceptors (Lipinski definition) is 3. The van der Waals surface area contributed by atoms with Gasteiger partial charge in [0.1, 0.15) is 5.82 Å². The smallest absolute Gasteiger partial charge is 0.122 e. The van der Waals surface area contributed by atoms with Crippen LogP contribution in [0, 0.1) is 0 Å². The lowest BCUT2D eigenvalue weighted by Gasteiger charge is -2.24. The van der Waals surface area contributed by atoms with Crippen molar-refractivity contribution in [3.8, 4) is 0 Å². The minimum Gasteiger partial charge on any atom is -0.337 e. The molecule has 0 spiro atoms. The van der Waals surface area contributed by atoms with Crippen molar-refractivity contribution in [3.63, 3.8) is 0 Å². The van der Waals surface area contributed by atoms with Crippen molar-refractivity contribution < 1.29 is 0 Å². The van der Waals surface area contributed by atoms with Crippen LogP contribution in [0.4, 0.5) is 0 Å². The summed E-state index contributed by atoms with van der Waals surface area (Å²) in [5.41, 5.74) is 3.34. The molecule has 1 atom stereocenters. The molecule has 0 amide bonds. The molecule has 0 unspecified atom stereocenters. The van der Waals surface area contributed by atoms with Gasteiger partial charge in [0.25, 0.3) is 0 Å². The number of aromatic nitrogens is 3. The number of nitrogens with zero attached hydrogens (tertiary/aromatic N) is 4. The first kappa shape index (κ1) is 17.3. The summed E-state index contributed by atoms with van der Waals surface area (Å²) in [6.45, 7) is 1.96. The fourth-order valence-corrected chi connectivity index (χ4v) is 3.90. The van der Waals surface area contributed by atoms with Crippen molar-refractivity contribution in [1.29, 1.82) is 0 Å². The maximum Gasteiger partial charge on any atom is 0.122 e. The molecule has 0 radical (unpaired) electrons. The summed E-state index contributed by atoms with van der Waals surface area (Å²) in [7, 11) is 2.05. The van der Waals surface area contributed by atoms with Gasteiger partial charge in [0.2, 0.25) is 0 Å². The molecule has 1 fully saturated rings. The number of halogens is 1. The van der Waals surface area contributed by atoms with E-state index in [4.69, 9.17) is 16.6 Å². The Kier molecular flexibility index (Phi) is 5.05. The summed E-state index contributed by atoms with van der Waals surface area (Å²) in [6, 6.07) is 14.7. The monoisotopic (exact) mass is 366 g/mol. The van der Waals surface area contributed by atoms with E-state index in [9.17, 15) is 0 Å². The molecular weight excluding hydrogens is 344 g/mol. The van der Waals surface area contributed by atoms with Crippen LogP contribution in [0.3, 0.4) is 0 Å². The number of benzene rings is 1. The summed E-state index contributed by atoms with van der Waals surface area (Å²) < 4.78 is 2.09. The van der Waals surface area contributed by atoms with Crippen LogP contribution in [0.1, 0.15) is 41.7 Å². The van der Waals surface area contributed by atoms with Gasteiger partial charge in [-0.3, -0.25) is 9.88 Å². The molecule has 1 aromatic carbocycles. The molecule has 4 nitrogen and oxygen atoms in total. The van der Waals surface area contributed by atoms with Crippen molar-refractivity contribution in [2.75, 3.05) is 6.54 Å². The second kappa shape index (κ2) is 7.60. The molecule has 5 heteroatoms. The van der Waals surface area contributed by atoms with Gasteiger partial charge in [-0.1, -0.05) is 35.9 Å². The molecule has 1 saturated heterocycles. The molecule has 26 heavy (non-hydrogen) atoms. The highest BCUT2D eigenvalue weighted by molar-refractivity contribution is 6.31. The van der Waals surface area contributed by atoms with Gasteiger partial charge in [0.05, 0.1) is 18.3 Å². The fourth-order valence-electron chi connectivity index (χ4n) is 3.70. The van der Waals surface area contributed by atoms with E-state index in [0.29, 0.717) is 6.04 Å². The number of imidazole rings is 1. The Hall–Kier alpha value is -2.17. The lowest BCUT2D eigenvalue weighted by atomic mass is 10.1. The van der Waals surface area contributed by atoms with Gasteiger partial charge in [-0.05, 0) is 43.1 Å². The Morgan fingerprint density at radius 1 is 1.15 bits per heavy atom. The lowest BCUT2D eigenvalue weighted by Crippen LogP contribution is -2.25. The highest BCUT2D eigenvalue weighted by atomic mass is 35.5. The van der Waals surface area contributed by atoms with Crippen molar-refractivity contribution >= 4 is 11.6 Å². The summed E-state index contributed by atoms with van der Waals surface area (Å²) in [5.74, 6) is 1.10. The Bertz CT molecular complexity index is 889. The molecule has 3 aromatic rings. The van der Waals surface area contributed by atoms with Crippen LogP contribution >= 0.6 is 11.6 Å². The van der Waals surface area contributed by atoms with Crippen LogP contribution < -0.4 is 0 Å². The van der Waals surface area contributed by atoms with E-state index >= 15 is 0 Å². The first-order valence-corrected chi connectivity index (χ1v) is 9.48. The Morgan fingerprint density at radius 3 is 2.85 bits per heavy atom. The van der Waals surface area contributed by atoms with Crippen molar-refractivity contribution in [1.82, 2.24) is 19.4 Å². The van der Waals surface area contributed by atoms with Crippen molar-refractivity contribution in [3.05, 3.63) is 82.7 Å².